The van der Waals surface area contributed by atoms with Crippen LogP contribution in [0.4, 0.5) is 0 Å². The highest BCUT2D eigenvalue weighted by atomic mass is 28.4. The summed E-state index contributed by atoms with van der Waals surface area (Å²) in [5, 5.41) is 0. The first-order chi connectivity index (χ1) is 14.1. The van der Waals surface area contributed by atoms with E-state index in [1.54, 1.807) is 0 Å². The Morgan fingerprint density at radius 2 is 1.50 bits per heavy atom. The number of fused-ring (bicyclic) bond motifs is 2. The van der Waals surface area contributed by atoms with Crippen molar-refractivity contribution in [1.82, 2.24) is 0 Å². The second kappa shape index (κ2) is 7.90. The Hall–Kier alpha value is -2.05. The van der Waals surface area contributed by atoms with Crippen molar-refractivity contribution in [2.45, 2.75) is 64.5 Å². The highest BCUT2D eigenvalue weighted by Gasteiger charge is 2.32. The Morgan fingerprint density at radius 3 is 2.23 bits per heavy atom. The summed E-state index contributed by atoms with van der Waals surface area (Å²) >= 11 is 0. The van der Waals surface area contributed by atoms with E-state index in [-0.39, 0.29) is 0 Å². The van der Waals surface area contributed by atoms with E-state index in [0.29, 0.717) is 5.92 Å². The molecule has 0 radical (unpaired) electrons. The summed E-state index contributed by atoms with van der Waals surface area (Å²) in [4.78, 5) is 0. The van der Waals surface area contributed by atoms with Crippen LogP contribution in [0.5, 0.6) is 0 Å². The van der Waals surface area contributed by atoms with Crippen LogP contribution < -0.4 is 0 Å². The number of benzene rings is 2. The molecule has 0 fully saturated rings. The summed E-state index contributed by atoms with van der Waals surface area (Å²) in [6.45, 7) is 13.6. The zero-order valence-corrected chi connectivity index (χ0v) is 21.2. The van der Waals surface area contributed by atoms with Crippen LogP contribution in [0, 0.1) is 0 Å². The maximum atomic E-state index is 6.57. The molecule has 0 bridgehead atoms. The zero-order valence-electron chi connectivity index (χ0n) is 19.2. The lowest BCUT2D eigenvalue weighted by atomic mass is 9.91. The zero-order chi connectivity index (χ0) is 21.5. The van der Waals surface area contributed by atoms with Gasteiger partial charge in [0.2, 0.25) is 16.6 Å². The lowest BCUT2D eigenvalue weighted by molar-refractivity contribution is 0.381. The molecule has 0 amide bonds. The average molecular weight is 435 g/mol. The predicted octanol–water partition coefficient (Wildman–Crippen LogP) is 7.58. The third-order valence-corrected chi connectivity index (χ3v) is 7.29. The minimum atomic E-state index is -1.67. The predicted molar refractivity (Wildman–Crippen MR) is 132 cm³/mol. The molecule has 158 valence electrons. The van der Waals surface area contributed by atoms with Crippen LogP contribution in [0.25, 0.3) is 11.6 Å². The van der Waals surface area contributed by atoms with Crippen LogP contribution in [-0.2, 0) is 15.3 Å². The van der Waals surface area contributed by atoms with Crippen molar-refractivity contribution in [1.29, 1.82) is 0 Å². The lowest BCUT2D eigenvalue weighted by Gasteiger charge is -2.26. The van der Waals surface area contributed by atoms with Crippen LogP contribution >= 0.6 is 0 Å². The van der Waals surface area contributed by atoms with Gasteiger partial charge in [-0.3, -0.25) is 0 Å². The molecule has 0 spiro atoms. The fourth-order valence-electron chi connectivity index (χ4n) is 4.55. The molecule has 0 aromatic heterocycles. The summed E-state index contributed by atoms with van der Waals surface area (Å²) < 4.78 is 13.1. The van der Waals surface area contributed by atoms with Gasteiger partial charge in [0.25, 0.3) is 0 Å². The van der Waals surface area contributed by atoms with Crippen LogP contribution in [0.2, 0.25) is 39.3 Å². The van der Waals surface area contributed by atoms with E-state index in [1.807, 2.05) is 0 Å². The van der Waals surface area contributed by atoms with Gasteiger partial charge >= 0.3 is 0 Å². The average Bonchev–Trinajstić information content (AvgIpc) is 3.14. The molecule has 2 aromatic carbocycles. The number of hydrogen-bond donors (Lipinski definition) is 0. The van der Waals surface area contributed by atoms with Gasteiger partial charge in [-0.2, -0.15) is 0 Å². The van der Waals surface area contributed by atoms with Gasteiger partial charge in [-0.1, -0.05) is 48.5 Å². The van der Waals surface area contributed by atoms with E-state index < -0.39 is 16.6 Å². The van der Waals surface area contributed by atoms with E-state index >= 15 is 0 Å². The molecule has 1 atom stereocenters. The van der Waals surface area contributed by atoms with Gasteiger partial charge in [0.05, 0.1) is 11.5 Å². The second-order valence-corrected chi connectivity index (χ2v) is 19.3. The Bertz CT molecular complexity index is 1010. The molecule has 2 nitrogen and oxygen atoms in total. The van der Waals surface area contributed by atoms with Gasteiger partial charge in [-0.25, -0.2) is 0 Å². The Morgan fingerprint density at radius 1 is 0.833 bits per heavy atom. The highest BCUT2D eigenvalue weighted by molar-refractivity contribution is 6.70. The molecule has 2 aromatic rings. The van der Waals surface area contributed by atoms with Crippen molar-refractivity contribution in [3.05, 3.63) is 82.3 Å². The first-order valence-corrected chi connectivity index (χ1v) is 17.9. The smallest absolute Gasteiger partial charge is 0.241 e. The molecular weight excluding hydrogens is 400 g/mol. The Kier molecular flexibility index (Phi) is 5.58. The maximum absolute atomic E-state index is 6.57. The third kappa shape index (κ3) is 4.65. The van der Waals surface area contributed by atoms with Crippen molar-refractivity contribution in [3.63, 3.8) is 0 Å². The molecule has 4 heteroatoms. The van der Waals surface area contributed by atoms with Crippen LogP contribution in [0.3, 0.4) is 0 Å². The summed E-state index contributed by atoms with van der Waals surface area (Å²) in [6.07, 6.45) is 5.28. The molecule has 0 aliphatic heterocycles. The van der Waals surface area contributed by atoms with E-state index in [9.17, 15) is 0 Å². The molecule has 0 N–H and O–H groups in total. The lowest BCUT2D eigenvalue weighted by Crippen LogP contribution is -2.26. The number of allylic oxidation sites excluding steroid dienone is 3. The van der Waals surface area contributed by atoms with Crippen molar-refractivity contribution >= 4 is 28.3 Å². The molecule has 4 rings (SSSR count). The van der Waals surface area contributed by atoms with Crippen LogP contribution in [0.15, 0.2) is 60.0 Å². The fraction of sp³-hybridized carbons (Fsp3) is 0.385. The van der Waals surface area contributed by atoms with Crippen molar-refractivity contribution < 1.29 is 8.85 Å². The van der Waals surface area contributed by atoms with E-state index in [0.717, 1.165) is 25.0 Å². The Labute approximate surface area is 183 Å². The highest BCUT2D eigenvalue weighted by Crippen LogP contribution is 2.44. The molecule has 2 aliphatic rings. The number of rotatable bonds is 7. The van der Waals surface area contributed by atoms with Gasteiger partial charge in [0.15, 0.2) is 0 Å². The minimum absolute atomic E-state index is 0.335. The summed E-state index contributed by atoms with van der Waals surface area (Å²) in [7, 11) is -3.32. The van der Waals surface area contributed by atoms with Crippen molar-refractivity contribution in [2.75, 3.05) is 0 Å². The second-order valence-electron chi connectivity index (χ2n) is 10.4. The SMILES string of the molecule is C[Si](C)(C)OC1=Cc2ccccc2C1CCC1=C(O[Si](C)(C)C)Cc2ccccc21. The molecule has 0 heterocycles. The number of hydrogen-bond acceptors (Lipinski definition) is 2. The van der Waals surface area contributed by atoms with Crippen molar-refractivity contribution in [2.24, 2.45) is 0 Å². The normalized spacial score (nSPS) is 18.2. The standard InChI is InChI=1S/C26H34O2Si2/c1-29(2,3)27-25-17-19-11-7-9-13-21(19)23(25)15-16-24-22-14-10-8-12-20(22)18-26(24)28-30(4,5)6/h7-14,17,23H,15-16,18H2,1-6H3. The van der Waals surface area contributed by atoms with Gasteiger partial charge in [0, 0.05) is 12.3 Å². The van der Waals surface area contributed by atoms with Crippen molar-refractivity contribution in [3.8, 4) is 0 Å². The molecule has 2 aliphatic carbocycles. The molecule has 0 saturated carbocycles. The fourth-order valence-corrected chi connectivity index (χ4v) is 6.39. The first kappa shape index (κ1) is 21.2. The molecule has 30 heavy (non-hydrogen) atoms. The van der Waals surface area contributed by atoms with E-state index in [1.165, 1.54) is 33.6 Å². The van der Waals surface area contributed by atoms with Gasteiger partial charge in [-0.05, 0) is 86.0 Å². The topological polar surface area (TPSA) is 18.5 Å². The van der Waals surface area contributed by atoms with Crippen LogP contribution in [-0.4, -0.2) is 16.6 Å². The van der Waals surface area contributed by atoms with Gasteiger partial charge < -0.3 is 8.85 Å². The summed E-state index contributed by atoms with van der Waals surface area (Å²) in [6, 6.07) is 17.6. The maximum Gasteiger partial charge on any atom is 0.241 e. The Balaban J connectivity index is 1.62. The minimum Gasteiger partial charge on any atom is -0.547 e. The van der Waals surface area contributed by atoms with Crippen LogP contribution in [0.1, 0.15) is 41.0 Å². The largest absolute Gasteiger partial charge is 0.547 e. The van der Waals surface area contributed by atoms with Gasteiger partial charge in [-0.15, -0.1) is 0 Å². The van der Waals surface area contributed by atoms with Gasteiger partial charge in [0.1, 0.15) is 0 Å². The van der Waals surface area contributed by atoms with E-state index in [4.69, 9.17) is 8.85 Å². The summed E-state index contributed by atoms with van der Waals surface area (Å²) in [5.41, 5.74) is 6.92. The monoisotopic (exact) mass is 434 g/mol. The van der Waals surface area contributed by atoms with E-state index in [2.05, 4.69) is 93.9 Å². The molecule has 0 saturated heterocycles. The third-order valence-electron chi connectivity index (χ3n) is 5.58. The summed E-state index contributed by atoms with van der Waals surface area (Å²) in [5.74, 6) is 2.70. The molecular formula is C26H34O2Si2. The molecule has 1 unspecified atom stereocenters. The first-order valence-electron chi connectivity index (χ1n) is 11.1. The quantitative estimate of drug-likeness (QED) is 0.418.